The van der Waals surface area contributed by atoms with E-state index >= 15 is 4.39 Å². The smallest absolute Gasteiger partial charge is 0.254 e. The zero-order chi connectivity index (χ0) is 22.2. The van der Waals surface area contributed by atoms with E-state index in [1.807, 2.05) is 38.1 Å². The Morgan fingerprint density at radius 3 is 2.66 bits per heavy atom. The summed E-state index contributed by atoms with van der Waals surface area (Å²) in [5.41, 5.74) is 4.95. The number of aromatic nitrogens is 2. The lowest BCUT2D eigenvalue weighted by atomic mass is 9.82. The van der Waals surface area contributed by atoms with Crippen molar-refractivity contribution in [2.75, 3.05) is 11.9 Å². The standard InChI is InChI=1S/C26H27FN4O/c1-3-31-15-22-21(26(31)32)10-12-29-25(22)30-16(2)18-7-8-20(23(27)13-18)19-9-11-28-24(14-19)17-5-4-6-17/h7-14,16-17H,3-6,15H2,1-2H3,(H,29,30)/t16-/m0/s1. The van der Waals surface area contributed by atoms with Gasteiger partial charge in [0.05, 0.1) is 12.6 Å². The molecule has 1 aromatic carbocycles. The highest BCUT2D eigenvalue weighted by atomic mass is 19.1. The van der Waals surface area contributed by atoms with Crippen LogP contribution in [0.25, 0.3) is 11.1 Å². The molecule has 0 radical (unpaired) electrons. The van der Waals surface area contributed by atoms with Crippen molar-refractivity contribution < 1.29 is 9.18 Å². The van der Waals surface area contributed by atoms with Crippen molar-refractivity contribution in [1.29, 1.82) is 0 Å². The molecular formula is C26H27FN4O. The number of pyridine rings is 2. The molecule has 32 heavy (non-hydrogen) atoms. The molecule has 2 aromatic heterocycles. The molecule has 1 aliphatic heterocycles. The quantitative estimate of drug-likeness (QED) is 0.545. The lowest BCUT2D eigenvalue weighted by Gasteiger charge is -2.25. The number of carbonyl (C=O) groups excluding carboxylic acids is 1. The summed E-state index contributed by atoms with van der Waals surface area (Å²) < 4.78 is 15.1. The van der Waals surface area contributed by atoms with E-state index in [9.17, 15) is 4.79 Å². The normalized spacial score (nSPS) is 16.6. The number of benzene rings is 1. The Hall–Kier alpha value is -3.28. The highest BCUT2D eigenvalue weighted by Crippen LogP contribution is 2.37. The van der Waals surface area contributed by atoms with Crippen LogP contribution in [0.5, 0.6) is 0 Å². The molecule has 1 N–H and O–H groups in total. The first kappa shape index (κ1) is 20.6. The second kappa shape index (κ2) is 8.34. The number of hydrogen-bond donors (Lipinski definition) is 1. The van der Waals surface area contributed by atoms with Crippen LogP contribution in [0.15, 0.2) is 48.8 Å². The summed E-state index contributed by atoms with van der Waals surface area (Å²) in [6.45, 7) is 5.15. The largest absolute Gasteiger partial charge is 0.363 e. The number of fused-ring (bicyclic) bond motifs is 1. The Labute approximate surface area is 187 Å². The van der Waals surface area contributed by atoms with Crippen LogP contribution < -0.4 is 5.32 Å². The monoisotopic (exact) mass is 430 g/mol. The predicted molar refractivity (Wildman–Crippen MR) is 123 cm³/mol. The highest BCUT2D eigenvalue weighted by Gasteiger charge is 2.29. The molecule has 5 nitrogen and oxygen atoms in total. The third-order valence-electron chi connectivity index (χ3n) is 6.77. The molecule has 1 amide bonds. The number of anilines is 1. The minimum absolute atomic E-state index is 0.0367. The van der Waals surface area contributed by atoms with Crippen LogP contribution in [0, 0.1) is 5.82 Å². The highest BCUT2D eigenvalue weighted by molar-refractivity contribution is 5.99. The van der Waals surface area contributed by atoms with E-state index < -0.39 is 0 Å². The first-order valence-electron chi connectivity index (χ1n) is 11.3. The molecule has 2 aliphatic rings. The summed E-state index contributed by atoms with van der Waals surface area (Å²) in [4.78, 5) is 23.2. The summed E-state index contributed by atoms with van der Waals surface area (Å²) in [6.07, 6.45) is 7.01. The van der Waals surface area contributed by atoms with Crippen molar-refractivity contribution in [2.24, 2.45) is 0 Å². The lowest BCUT2D eigenvalue weighted by molar-refractivity contribution is 0.0787. The average Bonchev–Trinajstić information content (AvgIpc) is 3.09. The lowest BCUT2D eigenvalue weighted by Crippen LogP contribution is -2.22. The average molecular weight is 431 g/mol. The number of hydrogen-bond acceptors (Lipinski definition) is 4. The van der Waals surface area contributed by atoms with Crippen LogP contribution in [0.3, 0.4) is 0 Å². The minimum atomic E-state index is -0.250. The Bertz CT molecular complexity index is 1170. The molecule has 0 bridgehead atoms. The van der Waals surface area contributed by atoms with E-state index in [2.05, 4.69) is 15.3 Å². The molecular weight excluding hydrogens is 403 g/mol. The Morgan fingerprint density at radius 2 is 1.94 bits per heavy atom. The van der Waals surface area contributed by atoms with Gasteiger partial charge in [-0.15, -0.1) is 0 Å². The maximum Gasteiger partial charge on any atom is 0.254 e. The van der Waals surface area contributed by atoms with E-state index in [-0.39, 0.29) is 17.8 Å². The number of amides is 1. The van der Waals surface area contributed by atoms with Crippen molar-refractivity contribution >= 4 is 11.7 Å². The van der Waals surface area contributed by atoms with Gasteiger partial charge in [-0.05, 0) is 62.1 Å². The van der Waals surface area contributed by atoms with Crippen LogP contribution in [-0.2, 0) is 6.54 Å². The van der Waals surface area contributed by atoms with Gasteiger partial charge in [0, 0.05) is 47.2 Å². The molecule has 3 heterocycles. The second-order valence-electron chi connectivity index (χ2n) is 8.71. The van der Waals surface area contributed by atoms with E-state index in [1.165, 1.54) is 19.3 Å². The van der Waals surface area contributed by atoms with Crippen LogP contribution in [-0.4, -0.2) is 27.3 Å². The first-order chi connectivity index (χ1) is 15.5. The summed E-state index contributed by atoms with van der Waals surface area (Å²) in [5.74, 6) is 0.982. The first-order valence-corrected chi connectivity index (χ1v) is 11.3. The zero-order valence-corrected chi connectivity index (χ0v) is 18.4. The van der Waals surface area contributed by atoms with Gasteiger partial charge >= 0.3 is 0 Å². The molecule has 0 saturated heterocycles. The Morgan fingerprint density at radius 1 is 1.12 bits per heavy atom. The van der Waals surface area contributed by atoms with E-state index in [1.54, 1.807) is 29.4 Å². The zero-order valence-electron chi connectivity index (χ0n) is 18.4. The SMILES string of the molecule is CCN1Cc2c(ccnc2N[C@@H](C)c2ccc(-c3ccnc(C4CCC4)c3)c(F)c2)C1=O. The maximum absolute atomic E-state index is 15.1. The van der Waals surface area contributed by atoms with Crippen LogP contribution in [0.1, 0.15) is 72.2 Å². The number of nitrogens with one attached hydrogen (secondary N) is 1. The van der Waals surface area contributed by atoms with Gasteiger partial charge in [-0.25, -0.2) is 9.37 Å². The third-order valence-corrected chi connectivity index (χ3v) is 6.77. The third kappa shape index (κ3) is 3.64. The van der Waals surface area contributed by atoms with Crippen molar-refractivity contribution in [1.82, 2.24) is 14.9 Å². The fourth-order valence-electron chi connectivity index (χ4n) is 4.53. The van der Waals surface area contributed by atoms with Gasteiger partial charge in [0.2, 0.25) is 0 Å². The molecule has 1 aliphatic carbocycles. The molecule has 5 rings (SSSR count). The summed E-state index contributed by atoms with van der Waals surface area (Å²) in [6, 6.07) is 10.9. The van der Waals surface area contributed by atoms with Crippen molar-refractivity contribution in [2.45, 2.75) is 51.6 Å². The van der Waals surface area contributed by atoms with Gasteiger partial charge in [-0.3, -0.25) is 9.78 Å². The van der Waals surface area contributed by atoms with Crippen LogP contribution >= 0.6 is 0 Å². The minimum Gasteiger partial charge on any atom is -0.363 e. The number of rotatable bonds is 6. The van der Waals surface area contributed by atoms with Gasteiger partial charge in [0.1, 0.15) is 11.6 Å². The van der Waals surface area contributed by atoms with Crippen LogP contribution in [0.2, 0.25) is 0 Å². The van der Waals surface area contributed by atoms with Gasteiger partial charge in [-0.1, -0.05) is 18.6 Å². The maximum atomic E-state index is 15.1. The van der Waals surface area contributed by atoms with E-state index in [0.29, 0.717) is 36.0 Å². The molecule has 1 saturated carbocycles. The van der Waals surface area contributed by atoms with Gasteiger partial charge in [0.25, 0.3) is 5.91 Å². The van der Waals surface area contributed by atoms with E-state index in [0.717, 1.165) is 22.4 Å². The number of nitrogens with zero attached hydrogens (tertiary/aromatic N) is 3. The van der Waals surface area contributed by atoms with E-state index in [4.69, 9.17) is 0 Å². The van der Waals surface area contributed by atoms with Crippen molar-refractivity contribution in [3.63, 3.8) is 0 Å². The summed E-state index contributed by atoms with van der Waals surface area (Å²) >= 11 is 0. The number of halogens is 1. The van der Waals surface area contributed by atoms with Gasteiger partial charge < -0.3 is 10.2 Å². The number of carbonyl (C=O) groups is 1. The molecule has 0 spiro atoms. The molecule has 164 valence electrons. The predicted octanol–water partition coefficient (Wildman–Crippen LogP) is 5.70. The topological polar surface area (TPSA) is 58.1 Å². The molecule has 6 heteroatoms. The van der Waals surface area contributed by atoms with Gasteiger partial charge in [-0.2, -0.15) is 0 Å². The van der Waals surface area contributed by atoms with Crippen molar-refractivity contribution in [3.05, 3.63) is 77.0 Å². The second-order valence-corrected chi connectivity index (χ2v) is 8.71. The molecule has 1 atom stereocenters. The Kier molecular flexibility index (Phi) is 5.37. The summed E-state index contributed by atoms with van der Waals surface area (Å²) in [7, 11) is 0. The van der Waals surface area contributed by atoms with Crippen LogP contribution in [0.4, 0.5) is 10.2 Å². The van der Waals surface area contributed by atoms with Gasteiger partial charge in [0.15, 0.2) is 0 Å². The molecule has 0 unspecified atom stereocenters. The Balaban J connectivity index is 1.37. The molecule has 3 aromatic rings. The van der Waals surface area contributed by atoms with Crippen molar-refractivity contribution in [3.8, 4) is 11.1 Å². The summed E-state index contributed by atoms with van der Waals surface area (Å²) in [5, 5.41) is 3.38. The molecule has 1 fully saturated rings. The fraction of sp³-hybridized carbons (Fsp3) is 0.346. The fourth-order valence-corrected chi connectivity index (χ4v) is 4.53.